The summed E-state index contributed by atoms with van der Waals surface area (Å²) in [5.41, 5.74) is 2.94. The monoisotopic (exact) mass is 495 g/mol. The third-order valence-electron chi connectivity index (χ3n) is 5.46. The molecule has 190 valence electrons. The minimum absolute atomic E-state index is 0.376. The van der Waals surface area contributed by atoms with Crippen molar-refractivity contribution in [2.75, 3.05) is 54.9 Å². The van der Waals surface area contributed by atoms with Crippen molar-refractivity contribution in [2.24, 2.45) is 0 Å². The second-order valence-electron chi connectivity index (χ2n) is 7.74. The molecular weight excluding hydrogens is 466 g/mol. The highest BCUT2D eigenvalue weighted by molar-refractivity contribution is 5.85. The highest BCUT2D eigenvalue weighted by Gasteiger charge is 2.17. The van der Waals surface area contributed by atoms with Crippen molar-refractivity contribution in [1.82, 2.24) is 15.1 Å². The van der Waals surface area contributed by atoms with Gasteiger partial charge in [-0.25, -0.2) is 9.97 Å². The fourth-order valence-electron chi connectivity index (χ4n) is 3.65. The van der Waals surface area contributed by atoms with Crippen LogP contribution in [-0.2, 0) is 15.9 Å². The van der Waals surface area contributed by atoms with Crippen LogP contribution in [0, 0.1) is 0 Å². The predicted octanol–water partition coefficient (Wildman–Crippen LogP) is 3.94. The second-order valence-corrected chi connectivity index (χ2v) is 7.74. The zero-order chi connectivity index (χ0) is 25.3. The normalized spacial score (nSPS) is 11.0. The van der Waals surface area contributed by atoms with Gasteiger partial charge in [0.25, 0.3) is 0 Å². The highest BCUT2D eigenvalue weighted by Crippen LogP contribution is 2.35. The summed E-state index contributed by atoms with van der Waals surface area (Å²) in [7, 11) is 6.46. The maximum atomic E-state index is 5.92. The number of fused-ring (bicyclic) bond motifs is 1. The molecule has 0 atom stereocenters. The molecule has 2 heterocycles. The molecule has 0 radical (unpaired) electrons. The first-order valence-corrected chi connectivity index (χ1v) is 11.4. The van der Waals surface area contributed by atoms with Crippen molar-refractivity contribution in [3.63, 3.8) is 0 Å². The summed E-state index contributed by atoms with van der Waals surface area (Å²) in [5, 5.41) is 5.06. The van der Waals surface area contributed by atoms with Crippen LogP contribution in [-0.4, -0.2) is 70.0 Å². The van der Waals surface area contributed by atoms with Crippen LogP contribution in [0.25, 0.3) is 22.2 Å². The van der Waals surface area contributed by atoms with E-state index < -0.39 is 0 Å². The van der Waals surface area contributed by atoms with E-state index in [9.17, 15) is 0 Å². The Morgan fingerprint density at radius 1 is 0.750 bits per heavy atom. The van der Waals surface area contributed by atoms with Crippen molar-refractivity contribution in [1.29, 1.82) is 0 Å². The number of ether oxygens (including phenoxy) is 6. The van der Waals surface area contributed by atoms with Gasteiger partial charge in [0.15, 0.2) is 11.5 Å². The minimum atomic E-state index is 0.376. The van der Waals surface area contributed by atoms with E-state index in [4.69, 9.17) is 32.9 Å². The van der Waals surface area contributed by atoms with Crippen LogP contribution in [0.2, 0.25) is 0 Å². The molecule has 0 saturated heterocycles. The molecule has 0 spiro atoms. The van der Waals surface area contributed by atoms with Crippen molar-refractivity contribution in [2.45, 2.75) is 6.42 Å². The van der Waals surface area contributed by atoms with E-state index in [0.29, 0.717) is 67.3 Å². The summed E-state index contributed by atoms with van der Waals surface area (Å²) in [6.07, 6.45) is 1.93. The van der Waals surface area contributed by atoms with Crippen LogP contribution in [0.4, 0.5) is 0 Å². The van der Waals surface area contributed by atoms with E-state index in [-0.39, 0.29) is 0 Å². The molecular formula is C26H29N3O7. The van der Waals surface area contributed by atoms with Gasteiger partial charge in [-0.1, -0.05) is 5.16 Å². The number of hydrogen-bond acceptors (Lipinski definition) is 10. The fraction of sp³-hybridized carbons (Fsp3) is 0.346. The fourth-order valence-corrected chi connectivity index (χ4v) is 3.65. The van der Waals surface area contributed by atoms with Crippen LogP contribution < -0.4 is 18.9 Å². The summed E-state index contributed by atoms with van der Waals surface area (Å²) in [6, 6.07) is 11.1. The summed E-state index contributed by atoms with van der Waals surface area (Å²) in [6.45, 7) is 1.66. The third-order valence-corrected chi connectivity index (χ3v) is 5.46. The van der Waals surface area contributed by atoms with Gasteiger partial charge in [0.2, 0.25) is 0 Å². The second kappa shape index (κ2) is 12.2. The maximum absolute atomic E-state index is 5.92. The number of nitrogens with zero attached hydrogens (tertiary/aromatic N) is 3. The minimum Gasteiger partial charge on any atom is -0.497 e. The smallest absolute Gasteiger partial charge is 0.163 e. The standard InChI is InChI=1S/C26H29N3O7/c1-30-7-9-34-25-14-20-21(27-16-28-22(20)15-26(25)35-10-8-31-2)11-18-12-23(29-36-18)19-6-5-17(32-3)13-24(19)33-4/h5-6,12-16H,7-11H2,1-4H3. The van der Waals surface area contributed by atoms with Gasteiger partial charge in [-0.05, 0) is 18.2 Å². The van der Waals surface area contributed by atoms with Gasteiger partial charge >= 0.3 is 0 Å². The zero-order valence-electron chi connectivity index (χ0n) is 20.8. The topological polar surface area (TPSA) is 107 Å². The molecule has 0 N–H and O–H groups in total. The molecule has 0 bridgehead atoms. The number of rotatable bonds is 13. The Labute approximate surface area is 209 Å². The van der Waals surface area contributed by atoms with E-state index in [1.165, 1.54) is 6.33 Å². The lowest BCUT2D eigenvalue weighted by molar-refractivity contribution is 0.132. The molecule has 0 aliphatic rings. The molecule has 0 amide bonds. The molecule has 36 heavy (non-hydrogen) atoms. The number of aromatic nitrogens is 3. The van der Waals surface area contributed by atoms with E-state index >= 15 is 0 Å². The van der Waals surface area contributed by atoms with Crippen LogP contribution in [0.15, 0.2) is 47.2 Å². The van der Waals surface area contributed by atoms with Gasteiger partial charge in [-0.2, -0.15) is 0 Å². The van der Waals surface area contributed by atoms with Crippen molar-refractivity contribution in [3.05, 3.63) is 54.2 Å². The lowest BCUT2D eigenvalue weighted by Crippen LogP contribution is -2.09. The van der Waals surface area contributed by atoms with Crippen molar-refractivity contribution < 1.29 is 32.9 Å². The molecule has 0 aliphatic heterocycles. The van der Waals surface area contributed by atoms with Crippen LogP contribution >= 0.6 is 0 Å². The van der Waals surface area contributed by atoms with Gasteiger partial charge < -0.3 is 32.9 Å². The Morgan fingerprint density at radius 2 is 1.50 bits per heavy atom. The first-order valence-electron chi connectivity index (χ1n) is 11.4. The number of methoxy groups -OCH3 is 4. The van der Waals surface area contributed by atoms with E-state index in [1.807, 2.05) is 30.3 Å². The van der Waals surface area contributed by atoms with E-state index in [1.54, 1.807) is 34.5 Å². The molecule has 4 aromatic rings. The Hall–Kier alpha value is -3.89. The van der Waals surface area contributed by atoms with Gasteiger partial charge in [0.05, 0.1) is 45.1 Å². The van der Waals surface area contributed by atoms with E-state index in [2.05, 4.69) is 15.1 Å². The molecule has 4 rings (SSSR count). The molecule has 0 saturated carbocycles. The molecule has 10 heteroatoms. The molecule has 2 aromatic heterocycles. The largest absolute Gasteiger partial charge is 0.497 e. The molecule has 10 nitrogen and oxygen atoms in total. The van der Waals surface area contributed by atoms with Crippen molar-refractivity contribution in [3.8, 4) is 34.3 Å². The predicted molar refractivity (Wildman–Crippen MR) is 132 cm³/mol. The van der Waals surface area contributed by atoms with Crippen molar-refractivity contribution >= 4 is 10.9 Å². The van der Waals surface area contributed by atoms with Crippen LogP contribution in [0.5, 0.6) is 23.0 Å². The quantitative estimate of drug-likeness (QED) is 0.253. The number of benzene rings is 2. The first-order chi connectivity index (χ1) is 17.7. The molecule has 0 unspecified atom stereocenters. The molecule has 0 aliphatic carbocycles. The van der Waals surface area contributed by atoms with Gasteiger partial charge in [0.1, 0.15) is 42.5 Å². The highest BCUT2D eigenvalue weighted by atomic mass is 16.5. The average Bonchev–Trinajstić information content (AvgIpc) is 3.37. The third kappa shape index (κ3) is 5.84. The Kier molecular flexibility index (Phi) is 8.53. The molecule has 0 fully saturated rings. The SMILES string of the molecule is COCCOc1cc2ncnc(Cc3cc(-c4ccc(OC)cc4OC)no3)c2cc1OCCOC. The maximum Gasteiger partial charge on any atom is 0.163 e. The lowest BCUT2D eigenvalue weighted by atomic mass is 10.1. The lowest BCUT2D eigenvalue weighted by Gasteiger charge is -2.14. The molecule has 2 aromatic carbocycles. The zero-order valence-corrected chi connectivity index (χ0v) is 20.8. The van der Waals surface area contributed by atoms with Gasteiger partial charge in [-0.15, -0.1) is 0 Å². The average molecular weight is 496 g/mol. The Morgan fingerprint density at radius 3 is 2.19 bits per heavy atom. The summed E-state index contributed by atoms with van der Waals surface area (Å²) >= 11 is 0. The Balaban J connectivity index is 1.63. The van der Waals surface area contributed by atoms with Crippen LogP contribution in [0.3, 0.4) is 0 Å². The van der Waals surface area contributed by atoms with Gasteiger partial charge in [-0.3, -0.25) is 0 Å². The van der Waals surface area contributed by atoms with E-state index in [0.717, 1.165) is 22.2 Å². The summed E-state index contributed by atoms with van der Waals surface area (Å²) in [4.78, 5) is 8.93. The summed E-state index contributed by atoms with van der Waals surface area (Å²) < 4.78 is 38.4. The first kappa shape index (κ1) is 25.2. The summed E-state index contributed by atoms with van der Waals surface area (Å²) in [5.74, 6) is 3.13. The number of hydrogen-bond donors (Lipinski definition) is 0. The Bertz CT molecular complexity index is 1290. The van der Waals surface area contributed by atoms with Crippen LogP contribution in [0.1, 0.15) is 11.5 Å². The van der Waals surface area contributed by atoms with Gasteiger partial charge in [0, 0.05) is 43.4 Å².